The van der Waals surface area contributed by atoms with E-state index in [1.165, 1.54) is 77.1 Å². The lowest BCUT2D eigenvalue weighted by molar-refractivity contribution is 0.660. The van der Waals surface area contributed by atoms with Crippen molar-refractivity contribution in [3.05, 3.63) is 180 Å². The van der Waals surface area contributed by atoms with Crippen LogP contribution in [0.3, 0.4) is 0 Å². The molecular formula is C53H38N4. The quantitative estimate of drug-likeness (QED) is 0.169. The first-order valence-corrected chi connectivity index (χ1v) is 19.9. The number of aromatic nitrogens is 4. The molecule has 2 aliphatic carbocycles. The number of rotatable bonds is 4. The second kappa shape index (κ2) is 11.3. The zero-order valence-corrected chi connectivity index (χ0v) is 32.3. The van der Waals surface area contributed by atoms with Gasteiger partial charge in [0.05, 0.1) is 11.0 Å². The zero-order chi connectivity index (χ0) is 38.2. The fraction of sp³-hybridized carbons (Fsp3) is 0.113. The lowest BCUT2D eigenvalue weighted by atomic mass is 9.82. The van der Waals surface area contributed by atoms with Gasteiger partial charge in [0.25, 0.3) is 0 Å². The van der Waals surface area contributed by atoms with Crippen molar-refractivity contribution in [1.29, 1.82) is 0 Å². The Kier molecular flexibility index (Phi) is 6.43. The van der Waals surface area contributed by atoms with Gasteiger partial charge in [0, 0.05) is 44.0 Å². The molecule has 0 atom stereocenters. The molecule has 0 unspecified atom stereocenters. The molecule has 4 heteroatoms. The normalized spacial score (nSPS) is 14.6. The van der Waals surface area contributed by atoms with Crippen molar-refractivity contribution in [3.63, 3.8) is 0 Å². The van der Waals surface area contributed by atoms with Crippen LogP contribution in [-0.2, 0) is 10.8 Å². The van der Waals surface area contributed by atoms with Crippen LogP contribution in [-0.4, -0.2) is 19.5 Å². The van der Waals surface area contributed by atoms with Crippen LogP contribution in [0, 0.1) is 0 Å². The van der Waals surface area contributed by atoms with Crippen molar-refractivity contribution in [2.45, 2.75) is 38.5 Å². The molecule has 2 aromatic heterocycles. The summed E-state index contributed by atoms with van der Waals surface area (Å²) in [6.45, 7) is 9.27. The second-order valence-corrected chi connectivity index (χ2v) is 16.9. The van der Waals surface area contributed by atoms with Gasteiger partial charge in [-0.05, 0) is 104 Å². The van der Waals surface area contributed by atoms with Crippen LogP contribution >= 0.6 is 0 Å². The van der Waals surface area contributed by atoms with E-state index in [9.17, 15) is 0 Å². The molecule has 2 heterocycles. The fourth-order valence-corrected chi connectivity index (χ4v) is 10.1. The Balaban J connectivity index is 1.02. The molecule has 0 saturated heterocycles. The molecular weight excluding hydrogens is 693 g/mol. The van der Waals surface area contributed by atoms with Crippen molar-refractivity contribution >= 4 is 32.6 Å². The average Bonchev–Trinajstić information content (AvgIpc) is 3.80. The van der Waals surface area contributed by atoms with E-state index in [0.717, 1.165) is 22.4 Å². The van der Waals surface area contributed by atoms with Gasteiger partial charge in [-0.1, -0.05) is 137 Å². The summed E-state index contributed by atoms with van der Waals surface area (Å²) in [4.78, 5) is 15.7. The van der Waals surface area contributed by atoms with Crippen molar-refractivity contribution in [2.75, 3.05) is 0 Å². The number of benzene rings is 8. The molecule has 12 rings (SSSR count). The van der Waals surface area contributed by atoms with Crippen molar-refractivity contribution in [2.24, 2.45) is 0 Å². The molecule has 0 amide bonds. The molecule has 10 aromatic rings. The van der Waals surface area contributed by atoms with E-state index in [2.05, 4.69) is 190 Å². The monoisotopic (exact) mass is 730 g/mol. The standard InChI is InChI=1S/C53H38N4/c1-52(2)41-15-7-5-13-37(41)39-27-23-34(29-43(39)52)50-54-49(55-51(56-50)35-24-28-40-38-14-6-8-16-42(38)53(3,4)44(40)30-35)33-21-25-36(26-22-33)57-45-17-9-11-31-19-20-32-12-10-18-46(57)48(32)47(31)45/h5-30H,1-4H3. The molecule has 270 valence electrons. The minimum absolute atomic E-state index is 0.138. The first kappa shape index (κ1) is 32.3. The van der Waals surface area contributed by atoms with Crippen LogP contribution in [0.15, 0.2) is 158 Å². The maximum absolute atomic E-state index is 5.26. The first-order valence-electron chi connectivity index (χ1n) is 19.9. The SMILES string of the molecule is CC1(C)c2ccccc2-c2ccc(-c3nc(-c4ccc(-n5c6cccc7ccc8cccc5c8c76)cc4)nc(-c4ccc5c(c4)C(C)(C)c4ccccc4-5)n3)cc21. The minimum atomic E-state index is -0.138. The summed E-state index contributed by atoms with van der Waals surface area (Å²) in [6, 6.07) is 57.4. The van der Waals surface area contributed by atoms with Crippen LogP contribution in [0.1, 0.15) is 49.9 Å². The molecule has 0 saturated carbocycles. The Labute approximate surface area is 331 Å². The van der Waals surface area contributed by atoms with Gasteiger partial charge in [0.15, 0.2) is 17.5 Å². The molecule has 8 aromatic carbocycles. The number of fused-ring (bicyclic) bond motifs is 6. The molecule has 2 aliphatic rings. The molecule has 0 N–H and O–H groups in total. The maximum atomic E-state index is 5.26. The maximum Gasteiger partial charge on any atom is 0.164 e. The van der Waals surface area contributed by atoms with Gasteiger partial charge in [0.1, 0.15) is 0 Å². The van der Waals surface area contributed by atoms with Gasteiger partial charge in [-0.15, -0.1) is 0 Å². The van der Waals surface area contributed by atoms with Crippen LogP contribution in [0.25, 0.3) is 94.7 Å². The fourth-order valence-electron chi connectivity index (χ4n) is 10.1. The van der Waals surface area contributed by atoms with Crippen LogP contribution < -0.4 is 0 Å². The summed E-state index contributed by atoms with van der Waals surface area (Å²) in [5, 5.41) is 5.13. The predicted molar refractivity (Wildman–Crippen MR) is 234 cm³/mol. The van der Waals surface area contributed by atoms with E-state index in [1.54, 1.807) is 0 Å². The van der Waals surface area contributed by atoms with Gasteiger partial charge in [-0.25, -0.2) is 15.0 Å². The molecule has 0 spiro atoms. The van der Waals surface area contributed by atoms with Crippen LogP contribution in [0.2, 0.25) is 0 Å². The Morgan fingerprint density at radius 1 is 0.368 bits per heavy atom. The van der Waals surface area contributed by atoms with Gasteiger partial charge >= 0.3 is 0 Å². The smallest absolute Gasteiger partial charge is 0.164 e. The van der Waals surface area contributed by atoms with Gasteiger partial charge in [0.2, 0.25) is 0 Å². The van der Waals surface area contributed by atoms with Gasteiger partial charge in [-0.2, -0.15) is 0 Å². The third-order valence-electron chi connectivity index (χ3n) is 13.0. The van der Waals surface area contributed by atoms with Crippen LogP contribution in [0.5, 0.6) is 0 Å². The average molecular weight is 731 g/mol. The summed E-state index contributed by atoms with van der Waals surface area (Å²) in [6.07, 6.45) is 0. The Morgan fingerprint density at radius 2 is 0.789 bits per heavy atom. The molecule has 0 bridgehead atoms. The Hall–Kier alpha value is -6.91. The highest BCUT2D eigenvalue weighted by Gasteiger charge is 2.37. The number of hydrogen-bond acceptors (Lipinski definition) is 3. The molecule has 57 heavy (non-hydrogen) atoms. The molecule has 0 aliphatic heterocycles. The summed E-state index contributed by atoms with van der Waals surface area (Å²) < 4.78 is 2.38. The highest BCUT2D eigenvalue weighted by Crippen LogP contribution is 2.51. The summed E-state index contributed by atoms with van der Waals surface area (Å²) in [7, 11) is 0. The van der Waals surface area contributed by atoms with Crippen molar-refractivity contribution < 1.29 is 0 Å². The summed E-state index contributed by atoms with van der Waals surface area (Å²) in [5.74, 6) is 2.00. The van der Waals surface area contributed by atoms with Crippen molar-refractivity contribution in [3.8, 4) is 62.1 Å². The third-order valence-corrected chi connectivity index (χ3v) is 13.0. The third kappa shape index (κ3) is 4.47. The topological polar surface area (TPSA) is 43.6 Å². The van der Waals surface area contributed by atoms with Crippen LogP contribution in [0.4, 0.5) is 0 Å². The second-order valence-electron chi connectivity index (χ2n) is 16.9. The van der Waals surface area contributed by atoms with E-state index in [0.29, 0.717) is 17.5 Å². The molecule has 0 radical (unpaired) electrons. The van der Waals surface area contributed by atoms with E-state index in [1.807, 2.05) is 0 Å². The zero-order valence-electron chi connectivity index (χ0n) is 32.3. The largest absolute Gasteiger partial charge is 0.309 e. The molecule has 0 fully saturated rings. The van der Waals surface area contributed by atoms with E-state index < -0.39 is 0 Å². The first-order chi connectivity index (χ1) is 27.8. The Morgan fingerprint density at radius 3 is 1.28 bits per heavy atom. The summed E-state index contributed by atoms with van der Waals surface area (Å²) >= 11 is 0. The highest BCUT2D eigenvalue weighted by molar-refractivity contribution is 6.24. The number of hydrogen-bond donors (Lipinski definition) is 0. The van der Waals surface area contributed by atoms with E-state index >= 15 is 0 Å². The van der Waals surface area contributed by atoms with E-state index in [4.69, 9.17) is 15.0 Å². The Bertz CT molecular complexity index is 3100. The van der Waals surface area contributed by atoms with Crippen molar-refractivity contribution in [1.82, 2.24) is 19.5 Å². The lowest BCUT2D eigenvalue weighted by Gasteiger charge is -2.22. The highest BCUT2D eigenvalue weighted by atomic mass is 15.0. The minimum Gasteiger partial charge on any atom is -0.309 e. The lowest BCUT2D eigenvalue weighted by Crippen LogP contribution is -2.15. The van der Waals surface area contributed by atoms with Gasteiger partial charge < -0.3 is 4.57 Å². The number of nitrogens with zero attached hydrogens (tertiary/aromatic N) is 4. The van der Waals surface area contributed by atoms with E-state index in [-0.39, 0.29) is 10.8 Å². The predicted octanol–water partition coefficient (Wildman–Crippen LogP) is 13.2. The molecule has 4 nitrogen and oxygen atoms in total. The van der Waals surface area contributed by atoms with Gasteiger partial charge in [-0.3, -0.25) is 0 Å². The summed E-state index contributed by atoms with van der Waals surface area (Å²) in [5.41, 5.74) is 16.6.